The highest BCUT2D eigenvalue weighted by atomic mass is 32.1. The maximum atomic E-state index is 13.4. The van der Waals surface area contributed by atoms with E-state index in [2.05, 4.69) is 17.0 Å². The molecule has 0 saturated heterocycles. The third kappa shape index (κ3) is 4.25. The number of allylic oxidation sites excluding steroid dienone is 4. The summed E-state index contributed by atoms with van der Waals surface area (Å²) < 4.78 is 2.62. The summed E-state index contributed by atoms with van der Waals surface area (Å²) in [5.41, 5.74) is 6.16. The number of fused-ring (bicyclic) bond motifs is 7. The standard InChI is InChI=1S/C40H36N4O4S2/c1-21-25(35(45)43(4)37(47)27(21)20-41)16-23-18-28-30(39(23)12-8-6-9-13-39)33-34(49-28)31-29(50-33)19-24(40(31)14-10-7-11-15-40)17-26-22(2)32(42-3)38(48)44(5)36(26)46/h16-19H,6-15H2,1-2,4-5H3/b25-16+,26-17+. The number of likely N-dealkylation sites (N-methyl/N-ethyl adjacent to an activating group) is 2. The first kappa shape index (κ1) is 32.6. The summed E-state index contributed by atoms with van der Waals surface area (Å²) in [6, 6.07) is 2.03. The summed E-state index contributed by atoms with van der Waals surface area (Å²) in [6.07, 6.45) is 19.0. The summed E-state index contributed by atoms with van der Waals surface area (Å²) in [5, 5.41) is 9.77. The predicted octanol–water partition coefficient (Wildman–Crippen LogP) is 8.04. The van der Waals surface area contributed by atoms with Crippen LogP contribution in [0.5, 0.6) is 0 Å². The Morgan fingerprint density at radius 3 is 1.60 bits per heavy atom. The van der Waals surface area contributed by atoms with Gasteiger partial charge in [-0.15, -0.1) is 22.7 Å². The second kappa shape index (κ2) is 11.4. The molecule has 4 amide bonds. The molecule has 8 nitrogen and oxygen atoms in total. The molecule has 4 heterocycles. The van der Waals surface area contributed by atoms with Gasteiger partial charge in [-0.25, -0.2) is 4.85 Å². The van der Waals surface area contributed by atoms with Gasteiger partial charge in [0.05, 0.1) is 16.0 Å². The number of rotatable bonds is 2. The van der Waals surface area contributed by atoms with Gasteiger partial charge in [0.1, 0.15) is 11.6 Å². The molecule has 0 aromatic carbocycles. The first-order valence-corrected chi connectivity index (χ1v) is 18.9. The number of carbonyl (C=O) groups is 4. The number of hydrogen-bond donors (Lipinski definition) is 0. The number of amides is 4. The van der Waals surface area contributed by atoms with Crippen molar-refractivity contribution in [1.82, 2.24) is 9.80 Å². The van der Waals surface area contributed by atoms with Crippen molar-refractivity contribution in [2.24, 2.45) is 0 Å². The van der Waals surface area contributed by atoms with Crippen LogP contribution in [0.25, 0.3) is 26.4 Å². The maximum Gasteiger partial charge on any atom is 0.271 e. The monoisotopic (exact) mass is 700 g/mol. The van der Waals surface area contributed by atoms with Crippen LogP contribution in [0, 0.1) is 17.9 Å². The van der Waals surface area contributed by atoms with Crippen molar-refractivity contribution < 1.29 is 19.2 Å². The Morgan fingerprint density at radius 1 is 0.720 bits per heavy atom. The number of thiophene rings is 2. The molecular formula is C40H36N4O4S2. The van der Waals surface area contributed by atoms with E-state index in [4.69, 9.17) is 6.57 Å². The van der Waals surface area contributed by atoms with Crippen LogP contribution in [-0.4, -0.2) is 47.5 Å². The van der Waals surface area contributed by atoms with E-state index >= 15 is 0 Å². The van der Waals surface area contributed by atoms with E-state index in [1.165, 1.54) is 44.4 Å². The lowest BCUT2D eigenvalue weighted by molar-refractivity contribution is -0.140. The zero-order chi connectivity index (χ0) is 35.3. The van der Waals surface area contributed by atoms with Gasteiger partial charge in [0.15, 0.2) is 0 Å². The minimum absolute atomic E-state index is 0.000438. The van der Waals surface area contributed by atoms with Gasteiger partial charge < -0.3 is 0 Å². The second-order valence-corrected chi connectivity index (χ2v) is 16.6. The smallest absolute Gasteiger partial charge is 0.271 e. The normalized spacial score (nSPS) is 24.5. The van der Waals surface area contributed by atoms with Crippen LogP contribution in [0.4, 0.5) is 0 Å². The Hall–Kier alpha value is -4.64. The fourth-order valence-corrected chi connectivity index (χ4v) is 12.6. The molecule has 252 valence electrons. The molecule has 2 aromatic heterocycles. The zero-order valence-electron chi connectivity index (χ0n) is 28.6. The van der Waals surface area contributed by atoms with Crippen molar-refractivity contribution in [2.45, 2.75) is 88.9 Å². The fourth-order valence-electron chi connectivity index (χ4n) is 9.36. The van der Waals surface area contributed by atoms with E-state index in [9.17, 15) is 24.4 Å². The van der Waals surface area contributed by atoms with Gasteiger partial charge in [0.25, 0.3) is 29.3 Å². The molecule has 0 bridgehead atoms. The second-order valence-electron chi connectivity index (χ2n) is 14.5. The van der Waals surface area contributed by atoms with Crippen LogP contribution in [0.1, 0.15) is 98.9 Å². The quantitative estimate of drug-likeness (QED) is 0.179. The van der Waals surface area contributed by atoms with E-state index in [0.29, 0.717) is 22.3 Å². The van der Waals surface area contributed by atoms with Gasteiger partial charge in [-0.05, 0) is 97.3 Å². The molecular weight excluding hydrogens is 665 g/mol. The highest BCUT2D eigenvalue weighted by Crippen LogP contribution is 2.63. The van der Waals surface area contributed by atoms with Crippen molar-refractivity contribution in [3.8, 4) is 6.07 Å². The van der Waals surface area contributed by atoms with Crippen LogP contribution >= 0.6 is 22.7 Å². The minimum Gasteiger partial charge on any atom is -0.287 e. The average Bonchev–Trinajstić information content (AvgIpc) is 3.80. The summed E-state index contributed by atoms with van der Waals surface area (Å²) >= 11 is 3.66. The molecule has 6 aliphatic rings. The van der Waals surface area contributed by atoms with Gasteiger partial charge in [0, 0.05) is 45.8 Å². The van der Waals surface area contributed by atoms with Gasteiger partial charge in [-0.1, -0.05) is 38.5 Å². The Labute approximate surface area is 299 Å². The molecule has 2 fully saturated rings. The Balaban J connectivity index is 1.29. The largest absolute Gasteiger partial charge is 0.287 e. The first-order valence-electron chi connectivity index (χ1n) is 17.3. The van der Waals surface area contributed by atoms with Crippen LogP contribution in [0.2, 0.25) is 0 Å². The van der Waals surface area contributed by atoms with Crippen molar-refractivity contribution >= 4 is 67.9 Å². The molecule has 8 rings (SSSR count). The molecule has 0 N–H and O–H groups in total. The van der Waals surface area contributed by atoms with Gasteiger partial charge in [-0.2, -0.15) is 5.26 Å². The van der Waals surface area contributed by atoms with Gasteiger partial charge in [-0.3, -0.25) is 29.0 Å². The summed E-state index contributed by atoms with van der Waals surface area (Å²) in [6.45, 7) is 11.0. The highest BCUT2D eigenvalue weighted by molar-refractivity contribution is 7.29. The van der Waals surface area contributed by atoms with Crippen LogP contribution < -0.4 is 0 Å². The third-order valence-corrected chi connectivity index (χ3v) is 14.5. The van der Waals surface area contributed by atoms with Crippen LogP contribution in [0.15, 0.2) is 56.9 Å². The van der Waals surface area contributed by atoms with Crippen LogP contribution in [0.3, 0.4) is 0 Å². The molecule has 0 atom stereocenters. The number of hydrogen-bond acceptors (Lipinski definition) is 7. The van der Waals surface area contributed by atoms with E-state index in [0.717, 1.165) is 85.2 Å². The van der Waals surface area contributed by atoms with Crippen molar-refractivity contribution in [2.75, 3.05) is 14.1 Å². The van der Waals surface area contributed by atoms with Gasteiger partial charge >= 0.3 is 0 Å². The number of nitrogens with zero attached hydrogens (tertiary/aromatic N) is 4. The van der Waals surface area contributed by atoms with Crippen molar-refractivity contribution in [3.05, 3.63) is 89.2 Å². The summed E-state index contributed by atoms with van der Waals surface area (Å²) in [5.74, 6) is -1.85. The minimum atomic E-state index is -0.556. The fraction of sp³-hybridized carbons (Fsp3) is 0.400. The van der Waals surface area contributed by atoms with E-state index in [1.54, 1.807) is 13.8 Å². The van der Waals surface area contributed by atoms with Crippen LogP contribution in [-0.2, 0) is 30.0 Å². The molecule has 4 aliphatic carbocycles. The molecule has 2 aliphatic heterocycles. The first-order chi connectivity index (χ1) is 24.0. The Bertz CT molecular complexity index is 2120. The molecule has 10 heteroatoms. The molecule has 2 saturated carbocycles. The third-order valence-electron chi connectivity index (χ3n) is 12.1. The van der Waals surface area contributed by atoms with E-state index in [1.807, 2.05) is 40.9 Å². The molecule has 2 spiro atoms. The maximum absolute atomic E-state index is 13.4. The molecule has 0 unspecified atom stereocenters. The van der Waals surface area contributed by atoms with Crippen molar-refractivity contribution in [1.29, 1.82) is 5.26 Å². The Morgan fingerprint density at radius 2 is 1.16 bits per heavy atom. The molecule has 0 radical (unpaired) electrons. The zero-order valence-corrected chi connectivity index (χ0v) is 30.3. The SMILES string of the molecule is [C-]#[N+]C1=C(C)/C(=C\C2=Cc3sc4c5c(sc4c3C23CCCCC3)C=C(/C=C2/C(=O)N(C)C(=O)C(C#N)=C2C)C52CCCCC2)C(=O)N(C)C1=O. The summed E-state index contributed by atoms with van der Waals surface area (Å²) in [7, 11) is 2.89. The Kier molecular flexibility index (Phi) is 7.45. The van der Waals surface area contributed by atoms with E-state index < -0.39 is 11.8 Å². The predicted molar refractivity (Wildman–Crippen MR) is 195 cm³/mol. The number of nitriles is 1. The topological polar surface area (TPSA) is 103 Å². The summed E-state index contributed by atoms with van der Waals surface area (Å²) in [4.78, 5) is 60.3. The van der Waals surface area contributed by atoms with Gasteiger partial charge in [0.2, 0.25) is 0 Å². The molecule has 50 heavy (non-hydrogen) atoms. The number of imide groups is 2. The average molecular weight is 701 g/mol. The molecule has 2 aromatic rings. The lowest BCUT2D eigenvalue weighted by Crippen LogP contribution is -2.40. The van der Waals surface area contributed by atoms with Crippen molar-refractivity contribution in [3.63, 3.8) is 0 Å². The lowest BCUT2D eigenvalue weighted by Gasteiger charge is -2.37. The van der Waals surface area contributed by atoms with E-state index in [-0.39, 0.29) is 33.9 Å². The number of carbonyl (C=O) groups excluding carboxylic acids is 4. The lowest BCUT2D eigenvalue weighted by atomic mass is 9.66. The highest BCUT2D eigenvalue weighted by Gasteiger charge is 2.50.